The Morgan fingerprint density at radius 1 is 1.47 bits per heavy atom. The Labute approximate surface area is 82.1 Å². The lowest BCUT2D eigenvalue weighted by Gasteiger charge is -2.04. The zero-order chi connectivity index (χ0) is 11.4. The molecule has 0 atom stereocenters. The molecule has 0 spiro atoms. The summed E-state index contributed by atoms with van der Waals surface area (Å²) in [7, 11) is 0. The van der Waals surface area contributed by atoms with E-state index in [-0.39, 0.29) is 0 Å². The summed E-state index contributed by atoms with van der Waals surface area (Å²) in [6, 6.07) is 0.902. The largest absolute Gasteiger partial charge is 0.346 e. The lowest BCUT2D eigenvalue weighted by atomic mass is 10.2. The van der Waals surface area contributed by atoms with Gasteiger partial charge in [-0.2, -0.15) is 4.39 Å². The lowest BCUT2D eigenvalue weighted by molar-refractivity contribution is 0.0886. The van der Waals surface area contributed by atoms with Gasteiger partial charge in [0.05, 0.1) is 12.1 Å². The quantitative estimate of drug-likeness (QED) is 0.619. The van der Waals surface area contributed by atoms with Crippen LogP contribution in [0, 0.1) is 11.8 Å². The molecule has 0 aliphatic heterocycles. The third-order valence-electron chi connectivity index (χ3n) is 1.51. The molecule has 7 heteroatoms. The van der Waals surface area contributed by atoms with Gasteiger partial charge in [-0.25, -0.2) is 18.2 Å². The number of alkyl halides is 2. The van der Waals surface area contributed by atoms with E-state index >= 15 is 0 Å². The van der Waals surface area contributed by atoms with Gasteiger partial charge in [0.15, 0.2) is 5.82 Å². The Bertz CT molecular complexity index is 370. The van der Waals surface area contributed by atoms with Gasteiger partial charge in [0.25, 0.3) is 12.3 Å². The Morgan fingerprint density at radius 2 is 2.13 bits per heavy atom. The van der Waals surface area contributed by atoms with Gasteiger partial charge < -0.3 is 5.32 Å². The van der Waals surface area contributed by atoms with Gasteiger partial charge in [0.2, 0.25) is 5.95 Å². The van der Waals surface area contributed by atoms with Crippen LogP contribution in [0.4, 0.5) is 17.6 Å². The van der Waals surface area contributed by atoms with E-state index in [0.717, 1.165) is 12.3 Å². The molecule has 0 radical (unpaired) electrons. The molecule has 0 saturated heterocycles. The average Bonchev–Trinajstić information content (AvgIpc) is 2.18. The van der Waals surface area contributed by atoms with Crippen LogP contribution in [0.3, 0.4) is 0 Å². The van der Waals surface area contributed by atoms with E-state index in [2.05, 4.69) is 4.98 Å². The highest BCUT2D eigenvalue weighted by Gasteiger charge is 2.16. The van der Waals surface area contributed by atoms with Gasteiger partial charge in [-0.1, -0.05) is 0 Å². The lowest BCUT2D eigenvalue weighted by Crippen LogP contribution is -2.29. The Morgan fingerprint density at radius 3 is 2.73 bits per heavy atom. The summed E-state index contributed by atoms with van der Waals surface area (Å²) in [6.07, 6.45) is -1.88. The van der Waals surface area contributed by atoms with Crippen molar-refractivity contribution < 1.29 is 22.4 Å². The fourth-order valence-corrected chi connectivity index (χ4v) is 0.859. The summed E-state index contributed by atoms with van der Waals surface area (Å²) in [6.45, 7) is -0.914. The van der Waals surface area contributed by atoms with Crippen LogP contribution in [0.5, 0.6) is 0 Å². The van der Waals surface area contributed by atoms with E-state index in [1.165, 1.54) is 0 Å². The molecular weight excluding hydrogens is 216 g/mol. The highest BCUT2D eigenvalue weighted by atomic mass is 19.3. The average molecular weight is 222 g/mol. The van der Waals surface area contributed by atoms with Crippen LogP contribution in [0.2, 0.25) is 0 Å². The maximum Gasteiger partial charge on any atom is 0.255 e. The zero-order valence-corrected chi connectivity index (χ0v) is 7.31. The van der Waals surface area contributed by atoms with E-state index in [1.807, 2.05) is 0 Å². The fraction of sp³-hybridized carbons (Fsp3) is 0.250. The summed E-state index contributed by atoms with van der Waals surface area (Å²) in [5, 5.41) is 1.74. The van der Waals surface area contributed by atoms with Gasteiger partial charge >= 0.3 is 0 Å². The first-order valence-electron chi connectivity index (χ1n) is 3.88. The van der Waals surface area contributed by atoms with E-state index in [9.17, 15) is 22.4 Å². The third kappa shape index (κ3) is 2.90. The minimum Gasteiger partial charge on any atom is -0.346 e. The van der Waals surface area contributed by atoms with E-state index < -0.39 is 36.2 Å². The first kappa shape index (κ1) is 11.4. The molecule has 0 aliphatic carbocycles. The molecule has 0 fully saturated rings. The van der Waals surface area contributed by atoms with Crippen molar-refractivity contribution >= 4 is 5.91 Å². The topological polar surface area (TPSA) is 42.0 Å². The number of nitrogens with one attached hydrogen (secondary N) is 1. The van der Waals surface area contributed by atoms with Crippen molar-refractivity contribution in [3.63, 3.8) is 0 Å². The van der Waals surface area contributed by atoms with Crippen LogP contribution in [0.15, 0.2) is 12.3 Å². The van der Waals surface area contributed by atoms with Gasteiger partial charge in [-0.15, -0.1) is 0 Å². The minimum atomic E-state index is -2.75. The number of hydrogen-bond donors (Lipinski definition) is 1. The highest BCUT2D eigenvalue weighted by Crippen LogP contribution is 2.08. The fourth-order valence-electron chi connectivity index (χ4n) is 0.859. The number of nitrogens with zero attached hydrogens (tertiary/aromatic N) is 1. The second-order valence-electron chi connectivity index (χ2n) is 2.56. The monoisotopic (exact) mass is 222 g/mol. The predicted molar refractivity (Wildman–Crippen MR) is 42.5 cm³/mol. The molecule has 1 heterocycles. The molecule has 82 valence electrons. The van der Waals surface area contributed by atoms with Crippen LogP contribution in [0.25, 0.3) is 0 Å². The highest BCUT2D eigenvalue weighted by molar-refractivity contribution is 5.94. The number of rotatable bonds is 3. The van der Waals surface area contributed by atoms with E-state index in [1.54, 1.807) is 5.32 Å². The Balaban J connectivity index is 2.78. The van der Waals surface area contributed by atoms with Crippen molar-refractivity contribution in [2.45, 2.75) is 6.43 Å². The summed E-state index contributed by atoms with van der Waals surface area (Å²) in [5.74, 6) is -4.00. The number of hydrogen-bond acceptors (Lipinski definition) is 2. The summed E-state index contributed by atoms with van der Waals surface area (Å²) in [5.41, 5.74) is -0.650. The van der Waals surface area contributed by atoms with Crippen LogP contribution >= 0.6 is 0 Å². The summed E-state index contributed by atoms with van der Waals surface area (Å²) in [4.78, 5) is 14.0. The van der Waals surface area contributed by atoms with Crippen LogP contribution in [-0.4, -0.2) is 23.9 Å². The third-order valence-corrected chi connectivity index (χ3v) is 1.51. The number of carbonyl (C=O) groups excluding carboxylic acids is 1. The minimum absolute atomic E-state index is 0.650. The molecule has 1 aromatic rings. The molecule has 0 unspecified atom stereocenters. The van der Waals surface area contributed by atoms with Crippen molar-refractivity contribution in [1.29, 1.82) is 0 Å². The molecule has 1 aromatic heterocycles. The SMILES string of the molecule is O=C(NCC(F)F)c1ccnc(F)c1F. The normalized spacial score (nSPS) is 10.5. The second kappa shape index (κ2) is 4.72. The maximum absolute atomic E-state index is 12.9. The smallest absolute Gasteiger partial charge is 0.255 e. The van der Waals surface area contributed by atoms with Gasteiger partial charge in [-0.3, -0.25) is 4.79 Å². The van der Waals surface area contributed by atoms with Crippen LogP contribution < -0.4 is 5.32 Å². The zero-order valence-electron chi connectivity index (χ0n) is 7.31. The van der Waals surface area contributed by atoms with Gasteiger partial charge in [-0.05, 0) is 6.07 Å². The van der Waals surface area contributed by atoms with Crippen molar-refractivity contribution in [3.8, 4) is 0 Å². The second-order valence-corrected chi connectivity index (χ2v) is 2.56. The number of halogens is 4. The van der Waals surface area contributed by atoms with E-state index in [4.69, 9.17) is 0 Å². The number of carbonyl (C=O) groups is 1. The molecule has 0 saturated carbocycles. The molecule has 1 amide bonds. The van der Waals surface area contributed by atoms with Crippen LogP contribution in [0.1, 0.15) is 10.4 Å². The number of amides is 1. The molecule has 0 aliphatic rings. The molecular formula is C8H6F4N2O. The standard InChI is InChI=1S/C8H6F4N2O/c9-5(10)3-14-8(15)4-1-2-13-7(12)6(4)11/h1-2,5H,3H2,(H,14,15). The van der Waals surface area contributed by atoms with Crippen molar-refractivity contribution in [2.24, 2.45) is 0 Å². The Hall–Kier alpha value is -1.66. The molecule has 3 nitrogen and oxygen atoms in total. The first-order valence-corrected chi connectivity index (χ1v) is 3.88. The van der Waals surface area contributed by atoms with Gasteiger partial charge in [0.1, 0.15) is 0 Å². The molecule has 0 aromatic carbocycles. The summed E-state index contributed by atoms with van der Waals surface area (Å²) < 4.78 is 48.8. The number of pyridine rings is 1. The van der Waals surface area contributed by atoms with Crippen molar-refractivity contribution in [2.75, 3.05) is 6.54 Å². The molecule has 1 N–H and O–H groups in total. The summed E-state index contributed by atoms with van der Waals surface area (Å²) >= 11 is 0. The van der Waals surface area contributed by atoms with Gasteiger partial charge in [0, 0.05) is 6.20 Å². The van der Waals surface area contributed by atoms with Crippen LogP contribution in [-0.2, 0) is 0 Å². The molecule has 1 rings (SSSR count). The van der Waals surface area contributed by atoms with Crippen molar-refractivity contribution in [3.05, 3.63) is 29.6 Å². The Kier molecular flexibility index (Phi) is 3.59. The predicted octanol–water partition coefficient (Wildman–Crippen LogP) is 1.35. The maximum atomic E-state index is 12.9. The molecule has 15 heavy (non-hydrogen) atoms. The first-order chi connectivity index (χ1) is 7.02. The van der Waals surface area contributed by atoms with Crippen molar-refractivity contribution in [1.82, 2.24) is 10.3 Å². The number of aromatic nitrogens is 1. The van der Waals surface area contributed by atoms with E-state index in [0.29, 0.717) is 0 Å². The molecule has 0 bridgehead atoms.